The minimum Gasteiger partial charge on any atom is -0.497 e. The number of thioether (sulfide) groups is 1. The molecule has 0 saturated carbocycles. The number of hydrogen-bond acceptors (Lipinski definition) is 4. The summed E-state index contributed by atoms with van der Waals surface area (Å²) in [6.45, 7) is 0. The van der Waals surface area contributed by atoms with Crippen molar-refractivity contribution in [3.05, 3.63) is 83.9 Å². The molecule has 0 unspecified atom stereocenters. The van der Waals surface area contributed by atoms with Gasteiger partial charge in [0.15, 0.2) is 0 Å². The van der Waals surface area contributed by atoms with Crippen LogP contribution < -0.4 is 15.4 Å². The van der Waals surface area contributed by atoms with Crippen LogP contribution in [0.5, 0.6) is 5.75 Å². The van der Waals surface area contributed by atoms with Gasteiger partial charge in [0, 0.05) is 17.0 Å². The molecule has 0 spiro atoms. The molecule has 0 bridgehead atoms. The van der Waals surface area contributed by atoms with Gasteiger partial charge in [0.25, 0.3) is 5.91 Å². The summed E-state index contributed by atoms with van der Waals surface area (Å²) in [5.74, 6) is 1.61. The monoisotopic (exact) mass is 378 g/mol. The Balaban J connectivity index is 1.73. The zero-order valence-corrected chi connectivity index (χ0v) is 16.2. The van der Waals surface area contributed by atoms with Crippen LogP contribution in [0.25, 0.3) is 0 Å². The summed E-state index contributed by atoms with van der Waals surface area (Å²) in [5.41, 5.74) is 4.32. The van der Waals surface area contributed by atoms with Crippen LogP contribution in [0, 0.1) is 0 Å². The van der Waals surface area contributed by atoms with Gasteiger partial charge in [-0.15, -0.1) is 0 Å². The van der Waals surface area contributed by atoms with Gasteiger partial charge in [0.1, 0.15) is 5.75 Å². The highest BCUT2D eigenvalue weighted by molar-refractivity contribution is 7.97. The topological polar surface area (TPSA) is 50.4 Å². The second-order valence-corrected chi connectivity index (χ2v) is 6.85. The number of rotatable bonds is 7. The molecule has 0 aromatic heterocycles. The van der Waals surface area contributed by atoms with Crippen molar-refractivity contribution in [2.45, 2.75) is 5.75 Å². The highest BCUT2D eigenvalue weighted by Crippen LogP contribution is 2.27. The van der Waals surface area contributed by atoms with Crippen molar-refractivity contribution in [1.82, 2.24) is 0 Å². The van der Waals surface area contributed by atoms with E-state index in [9.17, 15) is 4.79 Å². The second-order valence-electron chi connectivity index (χ2n) is 5.98. The molecule has 0 atom stereocenters. The molecule has 1 amide bonds. The minimum atomic E-state index is -0.130. The summed E-state index contributed by atoms with van der Waals surface area (Å²) in [6, 6.07) is 23.0. The molecule has 27 heavy (non-hydrogen) atoms. The molecule has 5 heteroatoms. The smallest absolute Gasteiger partial charge is 0.255 e. The fourth-order valence-electron chi connectivity index (χ4n) is 2.64. The fourth-order valence-corrected chi connectivity index (χ4v) is 3.17. The third-order valence-corrected chi connectivity index (χ3v) is 4.69. The molecule has 0 aliphatic carbocycles. The lowest BCUT2D eigenvalue weighted by Crippen LogP contribution is -2.13. The van der Waals surface area contributed by atoms with E-state index in [4.69, 9.17) is 4.74 Å². The van der Waals surface area contributed by atoms with Crippen molar-refractivity contribution in [2.75, 3.05) is 24.0 Å². The molecular weight excluding hydrogens is 356 g/mol. The summed E-state index contributed by atoms with van der Waals surface area (Å²) >= 11 is 1.76. The van der Waals surface area contributed by atoms with Crippen LogP contribution in [-0.2, 0) is 5.75 Å². The summed E-state index contributed by atoms with van der Waals surface area (Å²) < 4.78 is 5.18. The van der Waals surface area contributed by atoms with Crippen LogP contribution in [0.3, 0.4) is 0 Å². The van der Waals surface area contributed by atoms with Crippen molar-refractivity contribution in [3.63, 3.8) is 0 Å². The molecule has 0 aliphatic rings. The van der Waals surface area contributed by atoms with Crippen molar-refractivity contribution in [1.29, 1.82) is 0 Å². The third kappa shape index (κ3) is 5.05. The Hall–Kier alpha value is -2.92. The standard InChI is InChI=1S/C22H22N2O2S/c1-26-19-13-11-18(12-14-19)23-20-5-3-4-6-21(20)24-22(25)17-9-7-16(8-10-17)15-27-2/h3-14,23H,15H2,1-2H3,(H,24,25). The first-order valence-corrected chi connectivity index (χ1v) is 9.98. The van der Waals surface area contributed by atoms with Gasteiger partial charge >= 0.3 is 0 Å². The fraction of sp³-hybridized carbons (Fsp3) is 0.136. The number of carbonyl (C=O) groups excluding carboxylic acids is 1. The van der Waals surface area contributed by atoms with E-state index in [1.807, 2.05) is 72.8 Å². The van der Waals surface area contributed by atoms with Gasteiger partial charge in [-0.25, -0.2) is 0 Å². The Bertz CT molecular complexity index is 893. The Labute approximate surface area is 164 Å². The Kier molecular flexibility index (Phi) is 6.39. The van der Waals surface area contributed by atoms with Crippen LogP contribution >= 0.6 is 11.8 Å². The van der Waals surface area contributed by atoms with Gasteiger partial charge in [0.05, 0.1) is 18.5 Å². The van der Waals surface area contributed by atoms with Crippen molar-refractivity contribution >= 4 is 34.7 Å². The average Bonchev–Trinajstić information content (AvgIpc) is 2.71. The third-order valence-electron chi connectivity index (χ3n) is 4.07. The number of amides is 1. The number of ether oxygens (including phenoxy) is 1. The van der Waals surface area contributed by atoms with E-state index in [1.165, 1.54) is 5.56 Å². The minimum absolute atomic E-state index is 0.130. The quantitative estimate of drug-likeness (QED) is 0.566. The lowest BCUT2D eigenvalue weighted by atomic mass is 10.1. The van der Waals surface area contributed by atoms with Crippen LogP contribution in [0.1, 0.15) is 15.9 Å². The molecule has 3 aromatic rings. The SMILES string of the molecule is COc1ccc(Nc2ccccc2NC(=O)c2ccc(CSC)cc2)cc1. The maximum atomic E-state index is 12.6. The molecule has 0 heterocycles. The van der Waals surface area contributed by atoms with Gasteiger partial charge < -0.3 is 15.4 Å². The predicted molar refractivity (Wildman–Crippen MR) is 114 cm³/mol. The number of nitrogens with one attached hydrogen (secondary N) is 2. The van der Waals surface area contributed by atoms with E-state index >= 15 is 0 Å². The molecule has 0 saturated heterocycles. The molecular formula is C22H22N2O2S. The zero-order valence-electron chi connectivity index (χ0n) is 15.4. The van der Waals surface area contributed by atoms with Gasteiger partial charge in [-0.1, -0.05) is 24.3 Å². The first-order chi connectivity index (χ1) is 13.2. The molecule has 0 aliphatic heterocycles. The first kappa shape index (κ1) is 18.9. The second kappa shape index (κ2) is 9.14. The summed E-state index contributed by atoms with van der Waals surface area (Å²) in [4.78, 5) is 12.6. The van der Waals surface area contributed by atoms with E-state index in [0.29, 0.717) is 5.56 Å². The van der Waals surface area contributed by atoms with Crippen molar-refractivity contribution in [3.8, 4) is 5.75 Å². The molecule has 3 rings (SSSR count). The lowest BCUT2D eigenvalue weighted by molar-refractivity contribution is 0.102. The first-order valence-electron chi connectivity index (χ1n) is 8.59. The van der Waals surface area contributed by atoms with E-state index < -0.39 is 0 Å². The number of anilines is 3. The lowest BCUT2D eigenvalue weighted by Gasteiger charge is -2.13. The van der Waals surface area contributed by atoms with Crippen LogP contribution in [0.2, 0.25) is 0 Å². The van der Waals surface area contributed by atoms with Gasteiger partial charge in [-0.3, -0.25) is 4.79 Å². The summed E-state index contributed by atoms with van der Waals surface area (Å²) in [7, 11) is 1.64. The summed E-state index contributed by atoms with van der Waals surface area (Å²) in [6.07, 6.45) is 2.06. The number of benzene rings is 3. The van der Waals surface area contributed by atoms with Gasteiger partial charge in [0.2, 0.25) is 0 Å². The maximum absolute atomic E-state index is 12.6. The Morgan fingerprint density at radius 2 is 1.59 bits per heavy atom. The number of carbonyl (C=O) groups is 1. The molecule has 4 nitrogen and oxygen atoms in total. The number of methoxy groups -OCH3 is 1. The van der Waals surface area contributed by atoms with Crippen LogP contribution in [0.15, 0.2) is 72.8 Å². The van der Waals surface area contributed by atoms with Crippen LogP contribution in [0.4, 0.5) is 17.1 Å². The van der Waals surface area contributed by atoms with E-state index in [-0.39, 0.29) is 5.91 Å². The predicted octanol–water partition coefficient (Wildman–Crippen LogP) is 5.55. The highest BCUT2D eigenvalue weighted by Gasteiger charge is 2.09. The highest BCUT2D eigenvalue weighted by atomic mass is 32.2. The van der Waals surface area contributed by atoms with Crippen molar-refractivity contribution in [2.24, 2.45) is 0 Å². The van der Waals surface area contributed by atoms with Crippen molar-refractivity contribution < 1.29 is 9.53 Å². The van der Waals surface area contributed by atoms with Gasteiger partial charge in [-0.2, -0.15) is 11.8 Å². The molecule has 2 N–H and O–H groups in total. The number of para-hydroxylation sites is 2. The van der Waals surface area contributed by atoms with Gasteiger partial charge in [-0.05, 0) is 60.4 Å². The molecule has 138 valence electrons. The van der Waals surface area contributed by atoms with E-state index in [1.54, 1.807) is 18.9 Å². The average molecular weight is 378 g/mol. The van der Waals surface area contributed by atoms with E-state index in [2.05, 4.69) is 16.9 Å². The Morgan fingerprint density at radius 1 is 0.926 bits per heavy atom. The number of hydrogen-bond donors (Lipinski definition) is 2. The van der Waals surface area contributed by atoms with Crippen LogP contribution in [-0.4, -0.2) is 19.3 Å². The van der Waals surface area contributed by atoms with E-state index in [0.717, 1.165) is 28.6 Å². The molecule has 0 fully saturated rings. The zero-order chi connectivity index (χ0) is 19.1. The summed E-state index contributed by atoms with van der Waals surface area (Å²) in [5, 5.41) is 6.32. The molecule has 3 aromatic carbocycles. The largest absolute Gasteiger partial charge is 0.497 e. The Morgan fingerprint density at radius 3 is 2.22 bits per heavy atom. The molecule has 0 radical (unpaired) electrons. The normalized spacial score (nSPS) is 10.3. The maximum Gasteiger partial charge on any atom is 0.255 e.